The normalized spacial score (nSPS) is 17.0. The molecule has 0 aliphatic carbocycles. The van der Waals surface area contributed by atoms with Gasteiger partial charge in [0, 0.05) is 25.1 Å². The summed E-state index contributed by atoms with van der Waals surface area (Å²) < 4.78 is 10.7. The molecule has 0 amide bonds. The van der Waals surface area contributed by atoms with Crippen LogP contribution in [0.1, 0.15) is 12.8 Å². The number of nitrogens with zero attached hydrogens (tertiary/aromatic N) is 2. The standard InChI is InChI=1S/C10H11N2O4/c13-12(14)9-7-11-4-1-10(9)16-8-2-5-15-6-3-8/h1,4,8H,2-3,5-6H2. The molecule has 2 rings (SSSR count). The third-order valence-corrected chi connectivity index (χ3v) is 2.35. The molecule has 6 heteroatoms. The molecule has 85 valence electrons. The second kappa shape index (κ2) is 4.89. The first kappa shape index (κ1) is 10.8. The van der Waals surface area contributed by atoms with Crippen LogP contribution in [0, 0.1) is 16.3 Å². The largest absolute Gasteiger partial charge is 0.483 e. The Balaban J connectivity index is 2.10. The summed E-state index contributed by atoms with van der Waals surface area (Å²) in [4.78, 5) is 13.7. The topological polar surface area (TPSA) is 74.5 Å². The van der Waals surface area contributed by atoms with E-state index in [9.17, 15) is 10.1 Å². The number of ether oxygens (including phenoxy) is 2. The molecule has 1 aromatic rings. The van der Waals surface area contributed by atoms with E-state index in [4.69, 9.17) is 9.47 Å². The summed E-state index contributed by atoms with van der Waals surface area (Å²) in [5, 5.41) is 10.7. The Kier molecular flexibility index (Phi) is 3.31. The van der Waals surface area contributed by atoms with Crippen LogP contribution in [-0.2, 0) is 4.74 Å². The molecule has 0 N–H and O–H groups in total. The van der Waals surface area contributed by atoms with Gasteiger partial charge in [-0.3, -0.25) is 10.1 Å². The van der Waals surface area contributed by atoms with E-state index in [1.165, 1.54) is 12.3 Å². The molecule has 0 atom stereocenters. The van der Waals surface area contributed by atoms with Crippen LogP contribution >= 0.6 is 0 Å². The fourth-order valence-electron chi connectivity index (χ4n) is 1.54. The predicted molar refractivity (Wildman–Crippen MR) is 54.2 cm³/mol. The number of pyridine rings is 1. The van der Waals surface area contributed by atoms with Gasteiger partial charge in [0.2, 0.25) is 5.75 Å². The molecule has 0 aromatic carbocycles. The van der Waals surface area contributed by atoms with Gasteiger partial charge >= 0.3 is 5.69 Å². The predicted octanol–water partition coefficient (Wildman–Crippen LogP) is 1.35. The number of nitro groups is 1. The summed E-state index contributed by atoms with van der Waals surface area (Å²) in [5.74, 6) is 0.229. The second-order valence-corrected chi connectivity index (χ2v) is 3.46. The molecule has 1 radical (unpaired) electrons. The highest BCUT2D eigenvalue weighted by molar-refractivity contribution is 5.42. The van der Waals surface area contributed by atoms with E-state index in [1.54, 1.807) is 0 Å². The van der Waals surface area contributed by atoms with Gasteiger partial charge in [-0.05, 0) is 0 Å². The zero-order valence-electron chi connectivity index (χ0n) is 8.59. The van der Waals surface area contributed by atoms with Crippen LogP contribution in [0.4, 0.5) is 5.69 Å². The maximum Gasteiger partial charge on any atom is 0.338 e. The molecule has 1 fully saturated rings. The lowest BCUT2D eigenvalue weighted by Crippen LogP contribution is -2.26. The van der Waals surface area contributed by atoms with Crippen molar-refractivity contribution in [2.24, 2.45) is 0 Å². The summed E-state index contributed by atoms with van der Waals surface area (Å²) in [7, 11) is 0. The average Bonchev–Trinajstić information content (AvgIpc) is 2.31. The van der Waals surface area contributed by atoms with Gasteiger partial charge in [0.05, 0.1) is 18.1 Å². The van der Waals surface area contributed by atoms with Crippen molar-refractivity contribution in [2.45, 2.75) is 18.9 Å². The summed E-state index contributed by atoms with van der Waals surface area (Å²) in [6, 6.07) is 1.49. The molecule has 16 heavy (non-hydrogen) atoms. The molecule has 1 aliphatic heterocycles. The van der Waals surface area contributed by atoms with Gasteiger partial charge in [0.25, 0.3) is 0 Å². The van der Waals surface area contributed by atoms with Crippen molar-refractivity contribution in [3.63, 3.8) is 0 Å². The maximum atomic E-state index is 10.7. The highest BCUT2D eigenvalue weighted by Crippen LogP contribution is 2.27. The van der Waals surface area contributed by atoms with E-state index >= 15 is 0 Å². The van der Waals surface area contributed by atoms with Gasteiger partial charge in [-0.1, -0.05) is 0 Å². The zero-order valence-corrected chi connectivity index (χ0v) is 8.59. The number of aromatic nitrogens is 1. The first-order chi connectivity index (χ1) is 7.77. The first-order valence-corrected chi connectivity index (χ1v) is 5.03. The quantitative estimate of drug-likeness (QED) is 0.571. The maximum absolute atomic E-state index is 10.7. The van der Waals surface area contributed by atoms with Crippen molar-refractivity contribution in [3.05, 3.63) is 28.6 Å². The van der Waals surface area contributed by atoms with E-state index in [2.05, 4.69) is 11.2 Å². The Hall–Kier alpha value is -1.69. The van der Waals surface area contributed by atoms with Crippen molar-refractivity contribution in [1.29, 1.82) is 0 Å². The van der Waals surface area contributed by atoms with Crippen molar-refractivity contribution in [2.75, 3.05) is 13.2 Å². The molecular formula is C10H11N2O4. The monoisotopic (exact) mass is 223 g/mol. The molecule has 0 bridgehead atoms. The minimum Gasteiger partial charge on any atom is -0.483 e. The van der Waals surface area contributed by atoms with Gasteiger partial charge in [0.15, 0.2) is 6.20 Å². The van der Waals surface area contributed by atoms with Crippen molar-refractivity contribution < 1.29 is 14.4 Å². The Morgan fingerprint density at radius 3 is 3.00 bits per heavy atom. The average molecular weight is 223 g/mol. The van der Waals surface area contributed by atoms with E-state index in [0.717, 1.165) is 12.8 Å². The van der Waals surface area contributed by atoms with Gasteiger partial charge in [0.1, 0.15) is 6.10 Å². The zero-order chi connectivity index (χ0) is 11.4. The molecule has 0 saturated carbocycles. The molecule has 0 unspecified atom stereocenters. The van der Waals surface area contributed by atoms with Crippen LogP contribution in [0.25, 0.3) is 0 Å². The lowest BCUT2D eigenvalue weighted by atomic mass is 10.1. The van der Waals surface area contributed by atoms with Gasteiger partial charge in [-0.15, -0.1) is 0 Å². The minimum absolute atomic E-state index is 0.0248. The smallest absolute Gasteiger partial charge is 0.338 e. The molecule has 6 nitrogen and oxygen atoms in total. The summed E-state index contributed by atoms with van der Waals surface area (Å²) in [5.41, 5.74) is -0.214. The SMILES string of the molecule is O=[N+]([O-])c1[c]nccc1OC1CCOCC1. The molecule has 1 aromatic heterocycles. The Bertz CT molecular complexity index is 377. The van der Waals surface area contributed by atoms with E-state index < -0.39 is 4.92 Å². The summed E-state index contributed by atoms with van der Waals surface area (Å²) in [6.45, 7) is 1.26. The minimum atomic E-state index is -0.540. The molecular weight excluding hydrogens is 212 g/mol. The van der Waals surface area contributed by atoms with E-state index in [0.29, 0.717) is 13.2 Å². The van der Waals surface area contributed by atoms with Gasteiger partial charge in [-0.25, -0.2) is 4.98 Å². The molecule has 1 saturated heterocycles. The van der Waals surface area contributed by atoms with Crippen LogP contribution in [0.2, 0.25) is 0 Å². The van der Waals surface area contributed by atoms with Crippen LogP contribution < -0.4 is 4.74 Å². The van der Waals surface area contributed by atoms with Gasteiger partial charge < -0.3 is 9.47 Å². The third-order valence-electron chi connectivity index (χ3n) is 2.35. The van der Waals surface area contributed by atoms with E-state index in [1.807, 2.05) is 0 Å². The first-order valence-electron chi connectivity index (χ1n) is 5.03. The Morgan fingerprint density at radius 2 is 2.31 bits per heavy atom. The summed E-state index contributed by atoms with van der Waals surface area (Å²) >= 11 is 0. The van der Waals surface area contributed by atoms with E-state index in [-0.39, 0.29) is 17.5 Å². The lowest BCUT2D eigenvalue weighted by molar-refractivity contribution is -0.386. The van der Waals surface area contributed by atoms with Crippen LogP contribution in [-0.4, -0.2) is 29.2 Å². The highest BCUT2D eigenvalue weighted by Gasteiger charge is 2.21. The Labute approximate surface area is 92.3 Å². The number of hydrogen-bond acceptors (Lipinski definition) is 5. The van der Waals surface area contributed by atoms with Crippen LogP contribution in [0.3, 0.4) is 0 Å². The van der Waals surface area contributed by atoms with Crippen LogP contribution in [0.5, 0.6) is 5.75 Å². The molecule has 1 aliphatic rings. The fraction of sp³-hybridized carbons (Fsp3) is 0.500. The highest BCUT2D eigenvalue weighted by atomic mass is 16.6. The van der Waals surface area contributed by atoms with Crippen molar-refractivity contribution >= 4 is 5.69 Å². The third kappa shape index (κ3) is 2.46. The molecule has 0 spiro atoms. The van der Waals surface area contributed by atoms with Gasteiger partial charge in [-0.2, -0.15) is 0 Å². The lowest BCUT2D eigenvalue weighted by Gasteiger charge is -2.22. The second-order valence-electron chi connectivity index (χ2n) is 3.46. The fourth-order valence-corrected chi connectivity index (χ4v) is 1.54. The molecule has 2 heterocycles. The van der Waals surface area contributed by atoms with Crippen molar-refractivity contribution in [1.82, 2.24) is 4.98 Å². The number of rotatable bonds is 3. The van der Waals surface area contributed by atoms with Crippen LogP contribution in [0.15, 0.2) is 12.3 Å². The number of hydrogen-bond donors (Lipinski definition) is 0. The Morgan fingerprint density at radius 1 is 1.56 bits per heavy atom. The summed E-state index contributed by atoms with van der Waals surface area (Å²) in [6.07, 6.45) is 5.23. The van der Waals surface area contributed by atoms with Crippen molar-refractivity contribution in [3.8, 4) is 5.75 Å².